The normalized spacial score (nSPS) is 13.0. The zero-order valence-corrected chi connectivity index (χ0v) is 14.9. The van der Waals surface area contributed by atoms with E-state index >= 15 is 0 Å². The molecule has 1 aromatic heterocycles. The Bertz CT molecular complexity index is 777. The van der Waals surface area contributed by atoms with Crippen molar-refractivity contribution in [1.29, 1.82) is 0 Å². The Hall–Kier alpha value is -1.68. The summed E-state index contributed by atoms with van der Waals surface area (Å²) >= 11 is 5.78. The smallest absolute Gasteiger partial charge is 0.317 e. The molecule has 1 heterocycles. The molecular formula is C14H19ClN4O4S. The SMILES string of the molecule is CCn1c(OCCO)nnc1[C@@H](C)NS(=O)(=O)c1ccc(Cl)cc1. The van der Waals surface area contributed by atoms with Gasteiger partial charge in [0, 0.05) is 11.6 Å². The lowest BCUT2D eigenvalue weighted by Crippen LogP contribution is -2.29. The number of hydrogen-bond donors (Lipinski definition) is 2. The van der Waals surface area contributed by atoms with Crippen LogP contribution in [0.1, 0.15) is 25.7 Å². The minimum absolute atomic E-state index is 0.0863. The van der Waals surface area contributed by atoms with Gasteiger partial charge in [-0.25, -0.2) is 13.1 Å². The molecule has 24 heavy (non-hydrogen) atoms. The molecule has 0 aliphatic heterocycles. The number of aliphatic hydroxyl groups excluding tert-OH is 1. The second kappa shape index (κ2) is 7.93. The molecule has 0 aliphatic rings. The van der Waals surface area contributed by atoms with Crippen LogP contribution in [0.15, 0.2) is 29.2 Å². The number of aliphatic hydroxyl groups is 1. The van der Waals surface area contributed by atoms with E-state index in [9.17, 15) is 8.42 Å². The molecule has 0 unspecified atom stereocenters. The summed E-state index contributed by atoms with van der Waals surface area (Å²) in [4.78, 5) is 0.109. The Morgan fingerprint density at radius 2 is 2.00 bits per heavy atom. The van der Waals surface area contributed by atoms with Crippen molar-refractivity contribution in [3.63, 3.8) is 0 Å². The number of aromatic nitrogens is 3. The third-order valence-electron chi connectivity index (χ3n) is 3.23. The van der Waals surface area contributed by atoms with Gasteiger partial charge in [0.05, 0.1) is 17.5 Å². The Morgan fingerprint density at radius 1 is 1.33 bits per heavy atom. The minimum atomic E-state index is -3.73. The Balaban J connectivity index is 2.21. The average molecular weight is 375 g/mol. The van der Waals surface area contributed by atoms with E-state index in [4.69, 9.17) is 21.4 Å². The summed E-state index contributed by atoms with van der Waals surface area (Å²) < 4.78 is 34.3. The largest absolute Gasteiger partial charge is 0.461 e. The van der Waals surface area contributed by atoms with Gasteiger partial charge in [-0.05, 0) is 38.1 Å². The topological polar surface area (TPSA) is 106 Å². The lowest BCUT2D eigenvalue weighted by molar-refractivity contribution is 0.185. The zero-order chi connectivity index (χ0) is 17.7. The minimum Gasteiger partial charge on any atom is -0.461 e. The molecule has 8 nitrogen and oxygen atoms in total. The summed E-state index contributed by atoms with van der Waals surface area (Å²) in [6.07, 6.45) is 0. The highest BCUT2D eigenvalue weighted by Gasteiger charge is 2.23. The molecule has 1 aromatic carbocycles. The van der Waals surface area contributed by atoms with Crippen molar-refractivity contribution in [2.24, 2.45) is 0 Å². The fraction of sp³-hybridized carbons (Fsp3) is 0.429. The predicted octanol–water partition coefficient (Wildman–Crippen LogP) is 1.36. The maximum absolute atomic E-state index is 12.4. The first kappa shape index (κ1) is 18.7. The number of sulfonamides is 1. The maximum Gasteiger partial charge on any atom is 0.317 e. The standard InChI is InChI=1S/C14H19ClN4O4S/c1-3-19-13(16-17-14(19)23-9-8-20)10(2)18-24(21,22)12-6-4-11(15)5-7-12/h4-7,10,18,20H,3,8-9H2,1-2H3/t10-/m1/s1. The van der Waals surface area contributed by atoms with E-state index in [1.54, 1.807) is 11.5 Å². The maximum atomic E-state index is 12.4. The number of ether oxygens (including phenoxy) is 1. The van der Waals surface area contributed by atoms with Crippen molar-refractivity contribution in [3.8, 4) is 6.01 Å². The Kier molecular flexibility index (Phi) is 6.16. The van der Waals surface area contributed by atoms with E-state index < -0.39 is 16.1 Å². The fourth-order valence-corrected chi connectivity index (χ4v) is 3.46. The van der Waals surface area contributed by atoms with Crippen molar-refractivity contribution in [2.75, 3.05) is 13.2 Å². The van der Waals surface area contributed by atoms with Gasteiger partial charge in [-0.1, -0.05) is 16.7 Å². The van der Waals surface area contributed by atoms with Crippen LogP contribution in [0.3, 0.4) is 0 Å². The van der Waals surface area contributed by atoms with Crippen LogP contribution in [0.5, 0.6) is 6.01 Å². The number of nitrogens with zero attached hydrogens (tertiary/aromatic N) is 3. The van der Waals surface area contributed by atoms with Crippen LogP contribution in [0.25, 0.3) is 0 Å². The molecule has 10 heteroatoms. The summed E-state index contributed by atoms with van der Waals surface area (Å²) in [5, 5.41) is 17.2. The van der Waals surface area contributed by atoms with E-state index in [1.165, 1.54) is 24.3 Å². The van der Waals surface area contributed by atoms with Crippen LogP contribution < -0.4 is 9.46 Å². The lowest BCUT2D eigenvalue weighted by atomic mass is 10.3. The number of rotatable bonds is 8. The van der Waals surface area contributed by atoms with Crippen molar-refractivity contribution < 1.29 is 18.3 Å². The lowest BCUT2D eigenvalue weighted by Gasteiger charge is -2.15. The van der Waals surface area contributed by atoms with Gasteiger partial charge < -0.3 is 9.84 Å². The Morgan fingerprint density at radius 3 is 2.58 bits per heavy atom. The van der Waals surface area contributed by atoms with Gasteiger partial charge >= 0.3 is 6.01 Å². The van der Waals surface area contributed by atoms with Gasteiger partial charge in [0.25, 0.3) is 0 Å². The summed E-state index contributed by atoms with van der Waals surface area (Å²) in [6, 6.07) is 5.49. The summed E-state index contributed by atoms with van der Waals surface area (Å²) in [6.45, 7) is 3.96. The van der Waals surface area contributed by atoms with Gasteiger partial charge in [0.15, 0.2) is 5.82 Å². The van der Waals surface area contributed by atoms with Crippen molar-refractivity contribution in [2.45, 2.75) is 31.3 Å². The van der Waals surface area contributed by atoms with Crippen LogP contribution in [-0.2, 0) is 16.6 Å². The van der Waals surface area contributed by atoms with Gasteiger partial charge in [-0.3, -0.25) is 4.57 Å². The summed E-state index contributed by atoms with van der Waals surface area (Å²) in [5.41, 5.74) is 0. The first-order chi connectivity index (χ1) is 11.4. The van der Waals surface area contributed by atoms with Crippen molar-refractivity contribution >= 4 is 21.6 Å². The highest BCUT2D eigenvalue weighted by Crippen LogP contribution is 2.20. The molecule has 0 radical (unpaired) electrons. The van der Waals surface area contributed by atoms with Gasteiger partial charge in [0.2, 0.25) is 10.0 Å². The third kappa shape index (κ3) is 4.23. The predicted molar refractivity (Wildman–Crippen MR) is 88.5 cm³/mol. The molecular weight excluding hydrogens is 356 g/mol. The quantitative estimate of drug-likeness (QED) is 0.722. The second-order valence-corrected chi connectivity index (χ2v) is 7.10. The molecule has 2 N–H and O–H groups in total. The zero-order valence-electron chi connectivity index (χ0n) is 13.3. The van der Waals surface area contributed by atoms with E-state index in [0.29, 0.717) is 17.4 Å². The van der Waals surface area contributed by atoms with Crippen LogP contribution in [-0.4, -0.2) is 41.5 Å². The molecule has 0 fully saturated rings. The van der Waals surface area contributed by atoms with Gasteiger partial charge in [-0.15, -0.1) is 5.10 Å². The van der Waals surface area contributed by atoms with Crippen LogP contribution >= 0.6 is 11.6 Å². The van der Waals surface area contributed by atoms with E-state index in [0.717, 1.165) is 0 Å². The van der Waals surface area contributed by atoms with Crippen molar-refractivity contribution in [3.05, 3.63) is 35.1 Å². The average Bonchev–Trinajstić information content (AvgIpc) is 2.95. The number of nitrogens with one attached hydrogen (secondary N) is 1. The molecule has 132 valence electrons. The molecule has 1 atom stereocenters. The first-order valence-corrected chi connectivity index (χ1v) is 9.19. The molecule has 0 saturated carbocycles. The summed E-state index contributed by atoms with van der Waals surface area (Å²) in [7, 11) is -3.73. The van der Waals surface area contributed by atoms with Crippen molar-refractivity contribution in [1.82, 2.24) is 19.5 Å². The van der Waals surface area contributed by atoms with Gasteiger partial charge in [-0.2, -0.15) is 0 Å². The second-order valence-electron chi connectivity index (χ2n) is 4.95. The third-order valence-corrected chi connectivity index (χ3v) is 5.04. The molecule has 0 amide bonds. The fourth-order valence-electron chi connectivity index (χ4n) is 2.13. The molecule has 2 rings (SSSR count). The molecule has 2 aromatic rings. The van der Waals surface area contributed by atoms with Crippen LogP contribution in [0.2, 0.25) is 5.02 Å². The van der Waals surface area contributed by atoms with E-state index in [-0.39, 0.29) is 24.1 Å². The molecule has 0 aliphatic carbocycles. The molecule has 0 spiro atoms. The first-order valence-electron chi connectivity index (χ1n) is 7.33. The molecule has 0 bridgehead atoms. The number of hydrogen-bond acceptors (Lipinski definition) is 6. The highest BCUT2D eigenvalue weighted by molar-refractivity contribution is 7.89. The summed E-state index contributed by atoms with van der Waals surface area (Å²) in [5.74, 6) is 0.419. The van der Waals surface area contributed by atoms with Gasteiger partial charge in [0.1, 0.15) is 6.61 Å². The number of benzene rings is 1. The monoisotopic (exact) mass is 374 g/mol. The highest BCUT2D eigenvalue weighted by atomic mass is 35.5. The van der Waals surface area contributed by atoms with E-state index in [1.807, 2.05) is 6.92 Å². The van der Waals surface area contributed by atoms with Crippen LogP contribution in [0, 0.1) is 0 Å². The number of halogens is 1. The molecule has 0 saturated heterocycles. The Labute approximate surface area is 145 Å². The van der Waals surface area contributed by atoms with E-state index in [2.05, 4.69) is 14.9 Å². The van der Waals surface area contributed by atoms with Crippen LogP contribution in [0.4, 0.5) is 0 Å².